The number of aliphatic carboxylic acids is 2. The highest BCUT2D eigenvalue weighted by Crippen LogP contribution is 2.36. The summed E-state index contributed by atoms with van der Waals surface area (Å²) in [5.41, 5.74) is -4.40. The molecule has 27 heavy (non-hydrogen) atoms. The summed E-state index contributed by atoms with van der Waals surface area (Å²) in [7, 11) is 0. The van der Waals surface area contributed by atoms with E-state index in [-0.39, 0.29) is 5.56 Å². The second kappa shape index (κ2) is 6.56. The molecule has 0 bridgehead atoms. The second-order valence-electron chi connectivity index (χ2n) is 5.44. The molecule has 0 fully saturated rings. The largest absolute Gasteiger partial charge is 0.477 e. The van der Waals surface area contributed by atoms with Gasteiger partial charge in [0.25, 0.3) is 0 Å². The van der Waals surface area contributed by atoms with Crippen molar-refractivity contribution in [2.24, 2.45) is 0 Å². The molecule has 0 aliphatic carbocycles. The SMILES string of the molecule is O=C(O)C(C(=O)O)=C(c1ccc2ccccc2c1)c1n[nH]nc1C(F)(F)F. The van der Waals surface area contributed by atoms with E-state index in [4.69, 9.17) is 0 Å². The van der Waals surface area contributed by atoms with Gasteiger partial charge in [-0.25, -0.2) is 9.59 Å². The maximum absolute atomic E-state index is 13.2. The molecule has 1 heterocycles. The first-order valence-electron chi connectivity index (χ1n) is 7.38. The van der Waals surface area contributed by atoms with Gasteiger partial charge in [0.1, 0.15) is 5.69 Å². The molecule has 0 atom stereocenters. The molecular weight excluding hydrogens is 367 g/mol. The van der Waals surface area contributed by atoms with Crippen LogP contribution in [-0.4, -0.2) is 37.6 Å². The van der Waals surface area contributed by atoms with E-state index in [1.54, 1.807) is 35.5 Å². The van der Waals surface area contributed by atoms with Crippen molar-refractivity contribution in [3.05, 3.63) is 65.0 Å². The summed E-state index contributed by atoms with van der Waals surface area (Å²) in [5, 5.41) is 28.1. The van der Waals surface area contributed by atoms with Gasteiger partial charge in [-0.2, -0.15) is 28.6 Å². The molecule has 0 amide bonds. The van der Waals surface area contributed by atoms with Crippen LogP contribution >= 0.6 is 0 Å². The van der Waals surface area contributed by atoms with Crippen LogP contribution in [0.15, 0.2) is 48.0 Å². The molecule has 10 heteroatoms. The number of rotatable bonds is 4. The van der Waals surface area contributed by atoms with E-state index in [1.807, 2.05) is 0 Å². The first-order valence-corrected chi connectivity index (χ1v) is 7.38. The average molecular weight is 377 g/mol. The Bertz CT molecular complexity index is 1070. The number of aromatic amines is 1. The molecule has 3 rings (SSSR count). The number of carbonyl (C=O) groups is 2. The van der Waals surface area contributed by atoms with Crippen molar-refractivity contribution in [3.8, 4) is 0 Å². The lowest BCUT2D eigenvalue weighted by molar-refractivity contribution is -0.142. The van der Waals surface area contributed by atoms with Gasteiger partial charge < -0.3 is 10.2 Å². The summed E-state index contributed by atoms with van der Waals surface area (Å²) in [6, 6.07) is 11.1. The molecule has 2 aromatic carbocycles. The molecule has 0 aliphatic rings. The minimum absolute atomic E-state index is 0.0482. The summed E-state index contributed by atoms with van der Waals surface area (Å²) in [5.74, 6) is -3.80. The number of hydrogen-bond donors (Lipinski definition) is 3. The second-order valence-corrected chi connectivity index (χ2v) is 5.44. The van der Waals surface area contributed by atoms with Crippen LogP contribution in [0.3, 0.4) is 0 Å². The van der Waals surface area contributed by atoms with Crippen LogP contribution in [0.25, 0.3) is 16.3 Å². The number of carboxylic acid groups (broad SMARTS) is 2. The Kier molecular flexibility index (Phi) is 4.40. The third kappa shape index (κ3) is 3.36. The van der Waals surface area contributed by atoms with Crippen LogP contribution in [0, 0.1) is 0 Å². The number of fused-ring (bicyclic) bond motifs is 1. The number of H-pyrrole nitrogens is 1. The van der Waals surface area contributed by atoms with Crippen LogP contribution < -0.4 is 0 Å². The summed E-state index contributed by atoms with van der Waals surface area (Å²) >= 11 is 0. The molecular formula is C17H10F3N3O4. The fraction of sp³-hybridized carbons (Fsp3) is 0.0588. The highest BCUT2D eigenvalue weighted by molar-refractivity contribution is 6.20. The zero-order valence-electron chi connectivity index (χ0n) is 13.3. The van der Waals surface area contributed by atoms with Crippen LogP contribution in [-0.2, 0) is 15.8 Å². The van der Waals surface area contributed by atoms with Gasteiger partial charge in [-0.15, -0.1) is 0 Å². The minimum atomic E-state index is -4.97. The predicted octanol–water partition coefficient (Wildman–Crippen LogP) is 2.95. The minimum Gasteiger partial charge on any atom is -0.477 e. The van der Waals surface area contributed by atoms with Gasteiger partial charge in [-0.05, 0) is 22.4 Å². The Morgan fingerprint density at radius 2 is 1.56 bits per heavy atom. The van der Waals surface area contributed by atoms with Crippen molar-refractivity contribution in [1.82, 2.24) is 15.4 Å². The number of nitrogens with one attached hydrogen (secondary N) is 1. The van der Waals surface area contributed by atoms with Gasteiger partial charge >= 0.3 is 18.1 Å². The number of aromatic nitrogens is 3. The molecule has 7 nitrogen and oxygen atoms in total. The summed E-state index contributed by atoms with van der Waals surface area (Å²) in [6.07, 6.45) is -4.97. The highest BCUT2D eigenvalue weighted by atomic mass is 19.4. The van der Waals surface area contributed by atoms with Crippen LogP contribution in [0.2, 0.25) is 0 Å². The molecule has 3 N–H and O–H groups in total. The number of nitrogens with zero attached hydrogens (tertiary/aromatic N) is 2. The van der Waals surface area contributed by atoms with Crippen molar-refractivity contribution in [2.75, 3.05) is 0 Å². The van der Waals surface area contributed by atoms with Crippen molar-refractivity contribution in [2.45, 2.75) is 6.18 Å². The lowest BCUT2D eigenvalue weighted by atomic mass is 9.93. The number of halogens is 3. The molecule has 3 aromatic rings. The van der Waals surface area contributed by atoms with Crippen LogP contribution in [0.5, 0.6) is 0 Å². The van der Waals surface area contributed by atoms with Gasteiger partial charge in [0, 0.05) is 5.57 Å². The first-order chi connectivity index (χ1) is 12.7. The van der Waals surface area contributed by atoms with Gasteiger partial charge in [0.15, 0.2) is 11.3 Å². The number of carboxylic acids is 2. The van der Waals surface area contributed by atoms with Crippen LogP contribution in [0.1, 0.15) is 17.0 Å². The van der Waals surface area contributed by atoms with Crippen molar-refractivity contribution in [1.29, 1.82) is 0 Å². The molecule has 0 spiro atoms. The average Bonchev–Trinajstić information content (AvgIpc) is 3.08. The third-order valence-corrected chi connectivity index (χ3v) is 3.77. The topological polar surface area (TPSA) is 116 Å². The van der Waals surface area contributed by atoms with Crippen molar-refractivity contribution < 1.29 is 33.0 Å². The summed E-state index contributed by atoms with van der Waals surface area (Å²) in [4.78, 5) is 23.0. The Hall–Kier alpha value is -3.69. The maximum Gasteiger partial charge on any atom is 0.437 e. The lowest BCUT2D eigenvalue weighted by Crippen LogP contribution is -2.17. The molecule has 0 saturated heterocycles. The van der Waals surface area contributed by atoms with Crippen molar-refractivity contribution in [3.63, 3.8) is 0 Å². The summed E-state index contributed by atoms with van der Waals surface area (Å²) in [6.45, 7) is 0. The van der Waals surface area contributed by atoms with Gasteiger partial charge in [-0.1, -0.05) is 36.4 Å². The van der Waals surface area contributed by atoms with E-state index in [9.17, 15) is 33.0 Å². The Labute approximate surface area is 148 Å². The standard InChI is InChI=1S/C17H10F3N3O4/c18-17(19,20)14-13(21-23-22-14)11(12(15(24)25)16(26)27)10-6-5-8-3-1-2-4-9(8)7-10/h1-7H,(H,24,25)(H,26,27)(H,21,22,23). The van der Waals surface area contributed by atoms with E-state index in [1.165, 1.54) is 12.1 Å². The van der Waals surface area contributed by atoms with E-state index in [2.05, 4.69) is 10.2 Å². The zero-order chi connectivity index (χ0) is 19.8. The molecule has 0 unspecified atom stereocenters. The molecule has 138 valence electrons. The Morgan fingerprint density at radius 1 is 0.926 bits per heavy atom. The summed E-state index contributed by atoms with van der Waals surface area (Å²) < 4.78 is 39.7. The Morgan fingerprint density at radius 3 is 2.15 bits per heavy atom. The van der Waals surface area contributed by atoms with Crippen molar-refractivity contribution >= 4 is 28.3 Å². The Balaban J connectivity index is 2.38. The van der Waals surface area contributed by atoms with E-state index in [0.717, 1.165) is 5.39 Å². The fourth-order valence-corrected chi connectivity index (χ4v) is 2.65. The quantitative estimate of drug-likeness (QED) is 0.366. The van der Waals surface area contributed by atoms with Crippen LogP contribution in [0.4, 0.5) is 13.2 Å². The molecule has 1 aromatic heterocycles. The number of benzene rings is 2. The molecule has 0 radical (unpaired) electrons. The first kappa shape index (κ1) is 18.1. The lowest BCUT2D eigenvalue weighted by Gasteiger charge is -2.12. The maximum atomic E-state index is 13.2. The number of alkyl halides is 3. The molecule has 0 aliphatic heterocycles. The molecule has 0 saturated carbocycles. The normalized spacial score (nSPS) is 11.4. The third-order valence-electron chi connectivity index (χ3n) is 3.77. The van der Waals surface area contributed by atoms with E-state index in [0.29, 0.717) is 5.39 Å². The van der Waals surface area contributed by atoms with E-state index >= 15 is 0 Å². The van der Waals surface area contributed by atoms with E-state index < -0.39 is 40.6 Å². The van der Waals surface area contributed by atoms with Gasteiger partial charge in [-0.3, -0.25) is 0 Å². The fourth-order valence-electron chi connectivity index (χ4n) is 2.65. The van der Waals surface area contributed by atoms with Gasteiger partial charge in [0.2, 0.25) is 0 Å². The van der Waals surface area contributed by atoms with Gasteiger partial charge in [0.05, 0.1) is 0 Å². The predicted molar refractivity (Wildman–Crippen MR) is 86.6 cm³/mol. The zero-order valence-corrected chi connectivity index (χ0v) is 13.3. The smallest absolute Gasteiger partial charge is 0.437 e. The highest BCUT2D eigenvalue weighted by Gasteiger charge is 2.40. The monoisotopic (exact) mass is 377 g/mol. The number of hydrogen-bond acceptors (Lipinski definition) is 4.